The molecule has 0 aliphatic carbocycles. The summed E-state index contributed by atoms with van der Waals surface area (Å²) in [6.45, 7) is 3.59. The van der Waals surface area contributed by atoms with Crippen molar-refractivity contribution in [3.8, 4) is 0 Å². The molecule has 0 atom stereocenters. The smallest absolute Gasteiger partial charge is 0.152 e. The highest BCUT2D eigenvalue weighted by atomic mass is 19.1. The summed E-state index contributed by atoms with van der Waals surface area (Å²) in [5.41, 5.74) is -0.332. The van der Waals surface area contributed by atoms with Crippen LogP contribution in [0, 0.1) is 17.5 Å². The lowest BCUT2D eigenvalue weighted by Gasteiger charge is -2.05. The Morgan fingerprint density at radius 3 is 2.23 bits per heavy atom. The van der Waals surface area contributed by atoms with Crippen molar-refractivity contribution in [1.82, 2.24) is 0 Å². The number of halogens is 3. The van der Waals surface area contributed by atoms with Gasteiger partial charge in [-0.15, -0.1) is 6.58 Å². The summed E-state index contributed by atoms with van der Waals surface area (Å²) in [6.07, 6.45) is 1.45. The number of hydrogen-bond donors (Lipinski definition) is 1. The summed E-state index contributed by atoms with van der Waals surface area (Å²) >= 11 is 0. The van der Waals surface area contributed by atoms with Crippen molar-refractivity contribution >= 4 is 5.69 Å². The van der Waals surface area contributed by atoms with E-state index >= 15 is 0 Å². The second kappa shape index (κ2) is 3.98. The standard InChI is InChI=1S/C9H8F3N/c1-2-3-13-9-7(11)4-6(10)5-8(9)12/h2,4-5,13H,1,3H2. The third-order valence-corrected chi connectivity index (χ3v) is 1.43. The molecule has 0 saturated heterocycles. The number of anilines is 1. The largest absolute Gasteiger partial charge is 0.377 e. The van der Waals surface area contributed by atoms with E-state index in [1.807, 2.05) is 0 Å². The maximum absolute atomic E-state index is 12.9. The first kappa shape index (κ1) is 9.64. The van der Waals surface area contributed by atoms with Crippen molar-refractivity contribution < 1.29 is 13.2 Å². The minimum Gasteiger partial charge on any atom is -0.377 e. The molecule has 0 spiro atoms. The fraction of sp³-hybridized carbons (Fsp3) is 0.111. The van der Waals surface area contributed by atoms with Crippen molar-refractivity contribution in [1.29, 1.82) is 0 Å². The summed E-state index contributed by atoms with van der Waals surface area (Å²) in [5.74, 6) is -2.82. The topological polar surface area (TPSA) is 12.0 Å². The molecule has 0 saturated carbocycles. The number of hydrogen-bond acceptors (Lipinski definition) is 1. The van der Waals surface area contributed by atoms with Gasteiger partial charge in [0.1, 0.15) is 11.5 Å². The van der Waals surface area contributed by atoms with Gasteiger partial charge in [0.25, 0.3) is 0 Å². The maximum Gasteiger partial charge on any atom is 0.152 e. The molecule has 70 valence electrons. The fourth-order valence-electron chi connectivity index (χ4n) is 0.885. The van der Waals surface area contributed by atoms with Gasteiger partial charge in [-0.05, 0) is 0 Å². The molecule has 1 aromatic carbocycles. The molecule has 0 heterocycles. The van der Waals surface area contributed by atoms with E-state index in [9.17, 15) is 13.2 Å². The first-order valence-corrected chi connectivity index (χ1v) is 3.64. The second-order valence-corrected chi connectivity index (χ2v) is 2.41. The Kier molecular flexibility index (Phi) is 2.95. The normalized spacial score (nSPS) is 9.77. The van der Waals surface area contributed by atoms with Crippen LogP contribution in [0.15, 0.2) is 24.8 Å². The average molecular weight is 187 g/mol. The van der Waals surface area contributed by atoms with Crippen LogP contribution < -0.4 is 5.32 Å². The molecule has 1 N–H and O–H groups in total. The van der Waals surface area contributed by atoms with Crippen molar-refractivity contribution in [2.24, 2.45) is 0 Å². The molecule has 0 unspecified atom stereocenters. The highest BCUT2D eigenvalue weighted by molar-refractivity contribution is 5.46. The molecule has 0 bridgehead atoms. The Morgan fingerprint density at radius 1 is 1.23 bits per heavy atom. The quantitative estimate of drug-likeness (QED) is 0.717. The molecule has 0 aliphatic heterocycles. The first-order chi connectivity index (χ1) is 6.15. The van der Waals surface area contributed by atoms with E-state index in [4.69, 9.17) is 0 Å². The summed E-state index contributed by atoms with van der Waals surface area (Å²) < 4.78 is 38.1. The SMILES string of the molecule is C=CCNc1c(F)cc(F)cc1F. The summed E-state index contributed by atoms with van der Waals surface area (Å²) in [4.78, 5) is 0. The van der Waals surface area contributed by atoms with Crippen molar-refractivity contribution in [3.05, 3.63) is 42.2 Å². The van der Waals surface area contributed by atoms with Crippen LogP contribution in [0.3, 0.4) is 0 Å². The van der Waals surface area contributed by atoms with E-state index in [2.05, 4.69) is 11.9 Å². The van der Waals surface area contributed by atoms with E-state index in [1.54, 1.807) is 0 Å². The Balaban J connectivity index is 2.98. The minimum absolute atomic E-state index is 0.222. The molecular weight excluding hydrogens is 179 g/mol. The Morgan fingerprint density at radius 2 is 1.77 bits per heavy atom. The highest BCUT2D eigenvalue weighted by Gasteiger charge is 2.09. The van der Waals surface area contributed by atoms with Gasteiger partial charge in [-0.1, -0.05) is 6.08 Å². The Hall–Kier alpha value is -1.45. The van der Waals surface area contributed by atoms with Crippen LogP contribution in [0.25, 0.3) is 0 Å². The zero-order chi connectivity index (χ0) is 9.84. The maximum atomic E-state index is 12.9. The first-order valence-electron chi connectivity index (χ1n) is 3.64. The molecular formula is C9H8F3N. The van der Waals surface area contributed by atoms with Crippen molar-refractivity contribution in [2.45, 2.75) is 0 Å². The molecule has 0 fully saturated rings. The monoisotopic (exact) mass is 187 g/mol. The molecule has 0 aromatic heterocycles. The van der Waals surface area contributed by atoms with Crippen LogP contribution in [-0.4, -0.2) is 6.54 Å². The lowest BCUT2D eigenvalue weighted by atomic mass is 10.3. The van der Waals surface area contributed by atoms with Gasteiger partial charge < -0.3 is 5.32 Å². The van der Waals surface area contributed by atoms with Crippen LogP contribution in [0.1, 0.15) is 0 Å². The van der Waals surface area contributed by atoms with Crippen molar-refractivity contribution in [3.63, 3.8) is 0 Å². The third kappa shape index (κ3) is 2.24. The molecule has 0 amide bonds. The van der Waals surface area contributed by atoms with Crippen LogP contribution in [0.5, 0.6) is 0 Å². The number of benzene rings is 1. The van der Waals surface area contributed by atoms with Crippen LogP contribution in [-0.2, 0) is 0 Å². The second-order valence-electron chi connectivity index (χ2n) is 2.41. The molecule has 1 aromatic rings. The summed E-state index contributed by atoms with van der Waals surface area (Å²) in [6, 6.07) is 1.24. The molecule has 1 nitrogen and oxygen atoms in total. The molecule has 13 heavy (non-hydrogen) atoms. The molecule has 1 rings (SSSR count). The van der Waals surface area contributed by atoms with Gasteiger partial charge in [0.15, 0.2) is 11.6 Å². The van der Waals surface area contributed by atoms with E-state index in [-0.39, 0.29) is 12.2 Å². The highest BCUT2D eigenvalue weighted by Crippen LogP contribution is 2.19. The zero-order valence-corrected chi connectivity index (χ0v) is 6.78. The molecule has 0 aliphatic rings. The van der Waals surface area contributed by atoms with Gasteiger partial charge in [-0.2, -0.15) is 0 Å². The fourth-order valence-corrected chi connectivity index (χ4v) is 0.885. The van der Waals surface area contributed by atoms with Gasteiger partial charge in [0.2, 0.25) is 0 Å². The van der Waals surface area contributed by atoms with E-state index < -0.39 is 17.5 Å². The average Bonchev–Trinajstić information content (AvgIpc) is 2.02. The lowest BCUT2D eigenvalue weighted by Crippen LogP contribution is -2.03. The van der Waals surface area contributed by atoms with E-state index in [1.165, 1.54) is 6.08 Å². The zero-order valence-electron chi connectivity index (χ0n) is 6.78. The number of nitrogens with one attached hydrogen (secondary N) is 1. The van der Waals surface area contributed by atoms with E-state index in [0.717, 1.165) is 0 Å². The predicted molar refractivity (Wildman–Crippen MR) is 45.0 cm³/mol. The summed E-state index contributed by atoms with van der Waals surface area (Å²) in [5, 5.41) is 2.42. The van der Waals surface area contributed by atoms with Crippen LogP contribution >= 0.6 is 0 Å². The van der Waals surface area contributed by atoms with Crippen LogP contribution in [0.2, 0.25) is 0 Å². The van der Waals surface area contributed by atoms with E-state index in [0.29, 0.717) is 12.1 Å². The number of rotatable bonds is 3. The molecule has 0 radical (unpaired) electrons. The minimum atomic E-state index is -0.945. The lowest BCUT2D eigenvalue weighted by molar-refractivity contribution is 0.548. The third-order valence-electron chi connectivity index (χ3n) is 1.43. The summed E-state index contributed by atoms with van der Waals surface area (Å²) in [7, 11) is 0. The van der Waals surface area contributed by atoms with Gasteiger partial charge in [-0.3, -0.25) is 0 Å². The Labute approximate surface area is 73.9 Å². The van der Waals surface area contributed by atoms with Crippen molar-refractivity contribution in [2.75, 3.05) is 11.9 Å². The predicted octanol–water partition coefficient (Wildman–Crippen LogP) is 2.70. The van der Waals surface area contributed by atoms with Crippen LogP contribution in [0.4, 0.5) is 18.9 Å². The van der Waals surface area contributed by atoms with Gasteiger partial charge in [0.05, 0.1) is 0 Å². The molecule has 4 heteroatoms. The Bertz CT molecular complexity index is 300. The van der Waals surface area contributed by atoms with Gasteiger partial charge >= 0.3 is 0 Å². The van der Waals surface area contributed by atoms with Gasteiger partial charge in [-0.25, -0.2) is 13.2 Å². The van der Waals surface area contributed by atoms with Gasteiger partial charge in [0, 0.05) is 18.7 Å².